The van der Waals surface area contributed by atoms with E-state index < -0.39 is 0 Å². The van der Waals surface area contributed by atoms with Crippen LogP contribution in [0.1, 0.15) is 58.8 Å². The highest BCUT2D eigenvalue weighted by Crippen LogP contribution is 2.59. The van der Waals surface area contributed by atoms with E-state index in [9.17, 15) is 4.79 Å². The van der Waals surface area contributed by atoms with E-state index in [4.69, 9.17) is 0 Å². The van der Waals surface area contributed by atoms with Crippen molar-refractivity contribution in [3.63, 3.8) is 0 Å². The summed E-state index contributed by atoms with van der Waals surface area (Å²) >= 11 is 0. The first kappa shape index (κ1) is 13.4. The second-order valence-corrected chi connectivity index (χ2v) is 7.15. The van der Waals surface area contributed by atoms with Crippen LogP contribution in [0.5, 0.6) is 0 Å². The molecule has 3 rings (SSSR count). The zero-order chi connectivity index (χ0) is 13.5. The summed E-state index contributed by atoms with van der Waals surface area (Å²) in [6.07, 6.45) is 8.64. The van der Waals surface area contributed by atoms with Gasteiger partial charge < -0.3 is 10.2 Å². The summed E-state index contributed by atoms with van der Waals surface area (Å²) in [5, 5.41) is 3.42. The summed E-state index contributed by atoms with van der Waals surface area (Å²) < 4.78 is 0. The van der Waals surface area contributed by atoms with Crippen molar-refractivity contribution in [2.45, 2.75) is 70.9 Å². The molecule has 0 aromatic carbocycles. The molecular formula is C16H28N2O. The summed E-state index contributed by atoms with van der Waals surface area (Å²) in [6, 6.07) is 0.904. The number of amides is 1. The summed E-state index contributed by atoms with van der Waals surface area (Å²) in [4.78, 5) is 15.2. The zero-order valence-electron chi connectivity index (χ0n) is 12.5. The van der Waals surface area contributed by atoms with Crippen LogP contribution in [0.2, 0.25) is 0 Å². The molecule has 1 aliphatic heterocycles. The molecule has 3 nitrogen and oxygen atoms in total. The van der Waals surface area contributed by atoms with E-state index >= 15 is 0 Å². The van der Waals surface area contributed by atoms with E-state index in [2.05, 4.69) is 24.1 Å². The van der Waals surface area contributed by atoms with Gasteiger partial charge in [0, 0.05) is 18.0 Å². The van der Waals surface area contributed by atoms with Crippen molar-refractivity contribution >= 4 is 5.91 Å². The quantitative estimate of drug-likeness (QED) is 0.849. The maximum atomic E-state index is 12.9. The first-order chi connectivity index (χ1) is 9.14. The Morgan fingerprint density at radius 3 is 2.42 bits per heavy atom. The Bertz CT molecular complexity index is 341. The standard InChI is InChI=1S/C16H28N2O/c1-12(2)18(13-5-3-4-6-13)15(19)14-11-16(14)7-9-17-10-8-16/h12-14,17H,3-11H2,1-2H3. The Morgan fingerprint density at radius 1 is 1.21 bits per heavy atom. The molecule has 19 heavy (non-hydrogen) atoms. The van der Waals surface area contributed by atoms with Gasteiger partial charge in [0.1, 0.15) is 0 Å². The fourth-order valence-electron chi connectivity index (χ4n) is 4.39. The molecular weight excluding hydrogens is 236 g/mol. The van der Waals surface area contributed by atoms with Gasteiger partial charge in [0.25, 0.3) is 0 Å². The minimum absolute atomic E-state index is 0.345. The number of carbonyl (C=O) groups excluding carboxylic acids is 1. The van der Waals surface area contributed by atoms with Crippen molar-refractivity contribution in [3.05, 3.63) is 0 Å². The normalized spacial score (nSPS) is 29.9. The predicted molar refractivity (Wildman–Crippen MR) is 76.9 cm³/mol. The Morgan fingerprint density at radius 2 is 1.84 bits per heavy atom. The fraction of sp³-hybridized carbons (Fsp3) is 0.938. The van der Waals surface area contributed by atoms with Crippen molar-refractivity contribution in [3.8, 4) is 0 Å². The highest BCUT2D eigenvalue weighted by atomic mass is 16.2. The van der Waals surface area contributed by atoms with Gasteiger partial charge in [-0.3, -0.25) is 4.79 Å². The smallest absolute Gasteiger partial charge is 0.226 e. The van der Waals surface area contributed by atoms with Gasteiger partial charge >= 0.3 is 0 Å². The third-order valence-corrected chi connectivity index (χ3v) is 5.62. The van der Waals surface area contributed by atoms with Gasteiger partial charge in [-0.1, -0.05) is 12.8 Å². The summed E-state index contributed by atoms with van der Waals surface area (Å²) in [5.41, 5.74) is 0.383. The van der Waals surface area contributed by atoms with Crippen molar-refractivity contribution in [2.75, 3.05) is 13.1 Å². The SMILES string of the molecule is CC(C)N(C(=O)C1CC12CCNCC2)C1CCCC1. The van der Waals surface area contributed by atoms with E-state index in [0.717, 1.165) is 19.5 Å². The fourth-order valence-corrected chi connectivity index (χ4v) is 4.39. The number of nitrogens with one attached hydrogen (secondary N) is 1. The molecule has 1 heterocycles. The van der Waals surface area contributed by atoms with Crippen molar-refractivity contribution in [1.82, 2.24) is 10.2 Å². The first-order valence-corrected chi connectivity index (χ1v) is 8.17. The van der Waals surface area contributed by atoms with Gasteiger partial charge in [-0.05, 0) is 64.5 Å². The van der Waals surface area contributed by atoms with Gasteiger partial charge in [-0.25, -0.2) is 0 Å². The van der Waals surface area contributed by atoms with Crippen molar-refractivity contribution < 1.29 is 4.79 Å². The lowest BCUT2D eigenvalue weighted by Gasteiger charge is -2.34. The average molecular weight is 264 g/mol. The Balaban J connectivity index is 1.68. The van der Waals surface area contributed by atoms with Crippen LogP contribution < -0.4 is 5.32 Å². The molecule has 0 aromatic heterocycles. The molecule has 108 valence electrons. The van der Waals surface area contributed by atoms with Crippen LogP contribution in [-0.4, -0.2) is 36.0 Å². The van der Waals surface area contributed by atoms with Gasteiger partial charge in [0.05, 0.1) is 0 Å². The summed E-state index contributed by atoms with van der Waals surface area (Å²) in [5.74, 6) is 0.821. The van der Waals surface area contributed by atoms with Crippen LogP contribution in [0.3, 0.4) is 0 Å². The molecule has 1 saturated heterocycles. The molecule has 0 bridgehead atoms. The summed E-state index contributed by atoms with van der Waals surface area (Å²) in [6.45, 7) is 6.59. The monoisotopic (exact) mass is 264 g/mol. The Hall–Kier alpha value is -0.570. The van der Waals surface area contributed by atoms with E-state index in [1.807, 2.05) is 0 Å². The number of piperidine rings is 1. The van der Waals surface area contributed by atoms with Gasteiger partial charge in [0.2, 0.25) is 5.91 Å². The molecule has 3 heteroatoms. The maximum absolute atomic E-state index is 12.9. The molecule has 2 aliphatic carbocycles. The molecule has 1 spiro atoms. The Labute approximate surface area is 117 Å². The molecule has 0 radical (unpaired) electrons. The highest BCUT2D eigenvalue weighted by molar-refractivity contribution is 5.83. The lowest BCUT2D eigenvalue weighted by atomic mass is 9.91. The van der Waals surface area contributed by atoms with E-state index in [0.29, 0.717) is 29.3 Å². The first-order valence-electron chi connectivity index (χ1n) is 8.17. The van der Waals surface area contributed by atoms with E-state index in [1.165, 1.54) is 38.5 Å². The molecule has 0 aromatic rings. The number of rotatable bonds is 3. The molecule has 3 aliphatic rings. The summed E-state index contributed by atoms with van der Waals surface area (Å²) in [7, 11) is 0. The lowest BCUT2D eigenvalue weighted by molar-refractivity contribution is -0.138. The van der Waals surface area contributed by atoms with Crippen LogP contribution in [0.4, 0.5) is 0 Å². The number of nitrogens with zero attached hydrogens (tertiary/aromatic N) is 1. The van der Waals surface area contributed by atoms with Crippen LogP contribution in [0.15, 0.2) is 0 Å². The minimum Gasteiger partial charge on any atom is -0.337 e. The third-order valence-electron chi connectivity index (χ3n) is 5.62. The predicted octanol–water partition coefficient (Wildman–Crippen LogP) is 2.56. The molecule has 1 N–H and O–H groups in total. The number of hydrogen-bond acceptors (Lipinski definition) is 2. The lowest BCUT2D eigenvalue weighted by Crippen LogP contribution is -2.45. The number of hydrogen-bond donors (Lipinski definition) is 1. The maximum Gasteiger partial charge on any atom is 0.226 e. The van der Waals surface area contributed by atoms with Crippen molar-refractivity contribution in [1.29, 1.82) is 0 Å². The topological polar surface area (TPSA) is 32.3 Å². The third kappa shape index (κ3) is 2.42. The average Bonchev–Trinajstić information content (AvgIpc) is 2.84. The molecule has 3 fully saturated rings. The second kappa shape index (κ2) is 5.08. The van der Waals surface area contributed by atoms with Gasteiger partial charge in [-0.15, -0.1) is 0 Å². The van der Waals surface area contributed by atoms with E-state index in [1.54, 1.807) is 0 Å². The Kier molecular flexibility index (Phi) is 3.59. The van der Waals surface area contributed by atoms with Gasteiger partial charge in [-0.2, -0.15) is 0 Å². The molecule has 1 amide bonds. The van der Waals surface area contributed by atoms with Gasteiger partial charge in [0.15, 0.2) is 0 Å². The largest absolute Gasteiger partial charge is 0.337 e. The van der Waals surface area contributed by atoms with Crippen LogP contribution in [0, 0.1) is 11.3 Å². The van der Waals surface area contributed by atoms with E-state index in [-0.39, 0.29) is 0 Å². The van der Waals surface area contributed by atoms with Crippen molar-refractivity contribution in [2.24, 2.45) is 11.3 Å². The molecule has 1 unspecified atom stereocenters. The zero-order valence-corrected chi connectivity index (χ0v) is 12.5. The van der Waals surface area contributed by atoms with Crippen LogP contribution in [-0.2, 0) is 4.79 Å². The molecule has 2 saturated carbocycles. The van der Waals surface area contributed by atoms with Crippen LogP contribution >= 0.6 is 0 Å². The molecule has 1 atom stereocenters. The number of carbonyl (C=O) groups is 1. The second-order valence-electron chi connectivity index (χ2n) is 7.15. The minimum atomic E-state index is 0.345. The highest BCUT2D eigenvalue weighted by Gasteiger charge is 2.59. The van der Waals surface area contributed by atoms with Crippen LogP contribution in [0.25, 0.3) is 0 Å².